The summed E-state index contributed by atoms with van der Waals surface area (Å²) in [5.41, 5.74) is 0.938. The Morgan fingerprint density at radius 3 is 2.78 bits per heavy atom. The van der Waals surface area contributed by atoms with E-state index >= 15 is 0 Å². The smallest absolute Gasteiger partial charge is 0.312 e. The number of fused-ring (bicyclic) bond motifs is 1. The zero-order chi connectivity index (χ0) is 19.2. The molecule has 10 heteroatoms. The lowest BCUT2D eigenvalue weighted by Gasteiger charge is -2.11. The number of hydrogen-bond acceptors (Lipinski definition) is 9. The third-order valence-electron chi connectivity index (χ3n) is 3.48. The van der Waals surface area contributed by atoms with E-state index in [4.69, 9.17) is 4.74 Å². The monoisotopic (exact) mass is 422 g/mol. The predicted octanol–water partition coefficient (Wildman–Crippen LogP) is 3.76. The van der Waals surface area contributed by atoms with Crippen LogP contribution in [0.2, 0.25) is 0 Å². The Morgan fingerprint density at radius 2 is 2.04 bits per heavy atom. The first-order chi connectivity index (χ1) is 13.1. The van der Waals surface area contributed by atoms with Crippen molar-refractivity contribution in [1.82, 2.24) is 15.2 Å². The van der Waals surface area contributed by atoms with Crippen LogP contribution in [0, 0.1) is 0 Å². The van der Waals surface area contributed by atoms with E-state index in [2.05, 4.69) is 20.5 Å². The third-order valence-corrected chi connectivity index (χ3v) is 6.81. The van der Waals surface area contributed by atoms with Crippen molar-refractivity contribution >= 4 is 61.7 Å². The normalized spacial score (nSPS) is 12.1. The second-order valence-electron chi connectivity index (χ2n) is 5.43. The fraction of sp³-hybridized carbons (Fsp3) is 0.353. The number of carbonyl (C=O) groups is 2. The molecular weight excluding hydrogens is 404 g/mol. The van der Waals surface area contributed by atoms with E-state index in [1.165, 1.54) is 23.1 Å². The molecule has 0 bridgehead atoms. The average molecular weight is 423 g/mol. The van der Waals surface area contributed by atoms with Gasteiger partial charge in [-0.1, -0.05) is 42.2 Å². The molecule has 1 amide bonds. The Kier molecular flexibility index (Phi) is 6.75. The molecule has 0 saturated carbocycles. The molecule has 1 aromatic carbocycles. The van der Waals surface area contributed by atoms with Gasteiger partial charge in [-0.3, -0.25) is 14.9 Å². The summed E-state index contributed by atoms with van der Waals surface area (Å²) < 4.78 is 6.85. The van der Waals surface area contributed by atoms with Gasteiger partial charge in [-0.25, -0.2) is 4.98 Å². The molecule has 0 saturated heterocycles. The summed E-state index contributed by atoms with van der Waals surface area (Å²) in [7, 11) is 0. The number of ether oxygens (including phenoxy) is 1. The zero-order valence-electron chi connectivity index (χ0n) is 14.8. The summed E-state index contributed by atoms with van der Waals surface area (Å²) in [6, 6.07) is 7.90. The fourth-order valence-corrected chi connectivity index (χ4v) is 5.20. The minimum absolute atomic E-state index is 0.0546. The van der Waals surface area contributed by atoms with Gasteiger partial charge in [0.25, 0.3) is 0 Å². The molecule has 0 aliphatic rings. The molecule has 0 spiro atoms. The van der Waals surface area contributed by atoms with Gasteiger partial charge in [-0.05, 0) is 25.5 Å². The van der Waals surface area contributed by atoms with Crippen molar-refractivity contribution in [2.75, 3.05) is 11.9 Å². The van der Waals surface area contributed by atoms with Gasteiger partial charge in [-0.2, -0.15) is 0 Å². The van der Waals surface area contributed by atoms with Gasteiger partial charge in [0.15, 0.2) is 4.34 Å². The summed E-state index contributed by atoms with van der Waals surface area (Å²) in [5, 5.41) is 11.2. The van der Waals surface area contributed by atoms with Crippen molar-refractivity contribution in [3.63, 3.8) is 0 Å². The first kappa shape index (κ1) is 19.7. The molecule has 27 heavy (non-hydrogen) atoms. The summed E-state index contributed by atoms with van der Waals surface area (Å²) in [4.78, 5) is 28.7. The maximum absolute atomic E-state index is 12.6. The van der Waals surface area contributed by atoms with Crippen LogP contribution in [0.5, 0.6) is 0 Å². The van der Waals surface area contributed by atoms with Crippen LogP contribution in [0.3, 0.4) is 0 Å². The number of aromatic nitrogens is 3. The second kappa shape index (κ2) is 9.25. The van der Waals surface area contributed by atoms with Crippen molar-refractivity contribution < 1.29 is 14.3 Å². The number of anilines is 1. The van der Waals surface area contributed by atoms with Crippen LogP contribution in [0.4, 0.5) is 5.13 Å². The highest BCUT2D eigenvalue weighted by Gasteiger charge is 2.21. The van der Waals surface area contributed by atoms with Crippen molar-refractivity contribution in [3.05, 3.63) is 29.3 Å². The van der Waals surface area contributed by atoms with E-state index < -0.39 is 0 Å². The van der Waals surface area contributed by atoms with Gasteiger partial charge < -0.3 is 4.74 Å². The standard InChI is InChI=1S/C17H18N4O3S3/c1-3-11(25-17-18-10-7-5-6-8-12(10)26-17)15(23)19-16-21-20-13(27-16)9-14(22)24-4-2/h5-8,11H,3-4,9H2,1-2H3,(H,19,21,23)/t11-/m0/s1. The van der Waals surface area contributed by atoms with Crippen molar-refractivity contribution in [3.8, 4) is 0 Å². The largest absolute Gasteiger partial charge is 0.466 e. The van der Waals surface area contributed by atoms with Crippen molar-refractivity contribution in [2.24, 2.45) is 0 Å². The average Bonchev–Trinajstić information content (AvgIpc) is 3.25. The molecule has 3 aromatic rings. The molecule has 1 atom stereocenters. The Labute approximate surface area is 168 Å². The molecule has 0 fully saturated rings. The number of benzene rings is 1. The van der Waals surface area contributed by atoms with Gasteiger partial charge in [0, 0.05) is 0 Å². The minimum Gasteiger partial charge on any atom is -0.466 e. The van der Waals surface area contributed by atoms with Gasteiger partial charge in [0.05, 0.1) is 28.5 Å². The maximum atomic E-state index is 12.6. The fourth-order valence-electron chi connectivity index (χ4n) is 2.24. The number of para-hydroxylation sites is 1. The Hall–Kier alpha value is -2.04. The molecule has 2 aromatic heterocycles. The lowest BCUT2D eigenvalue weighted by Crippen LogP contribution is -2.24. The number of thioether (sulfide) groups is 1. The molecule has 142 valence electrons. The highest BCUT2D eigenvalue weighted by molar-refractivity contribution is 8.02. The van der Waals surface area contributed by atoms with E-state index in [1.54, 1.807) is 18.3 Å². The lowest BCUT2D eigenvalue weighted by atomic mass is 10.3. The Bertz CT molecular complexity index is 907. The third kappa shape index (κ3) is 5.24. The molecule has 7 nitrogen and oxygen atoms in total. The predicted molar refractivity (Wildman–Crippen MR) is 108 cm³/mol. The van der Waals surface area contributed by atoms with Crippen LogP contribution in [-0.2, 0) is 20.7 Å². The van der Waals surface area contributed by atoms with Crippen LogP contribution in [0.15, 0.2) is 28.6 Å². The van der Waals surface area contributed by atoms with Gasteiger partial charge in [0.2, 0.25) is 11.0 Å². The first-order valence-electron chi connectivity index (χ1n) is 8.40. The van der Waals surface area contributed by atoms with E-state index in [0.29, 0.717) is 23.2 Å². The number of amides is 1. The molecule has 0 radical (unpaired) electrons. The van der Waals surface area contributed by atoms with Gasteiger partial charge in [0.1, 0.15) is 5.01 Å². The second-order valence-corrected chi connectivity index (χ2v) is 8.98. The quantitative estimate of drug-likeness (QED) is 0.436. The summed E-state index contributed by atoms with van der Waals surface area (Å²) in [6.45, 7) is 4.02. The van der Waals surface area contributed by atoms with E-state index in [9.17, 15) is 9.59 Å². The Morgan fingerprint density at radius 1 is 1.22 bits per heavy atom. The number of esters is 1. The van der Waals surface area contributed by atoms with E-state index in [0.717, 1.165) is 14.6 Å². The van der Waals surface area contributed by atoms with Gasteiger partial charge >= 0.3 is 5.97 Å². The van der Waals surface area contributed by atoms with Crippen LogP contribution in [-0.4, -0.2) is 38.9 Å². The van der Waals surface area contributed by atoms with Crippen LogP contribution in [0.25, 0.3) is 10.2 Å². The number of thiazole rings is 1. The molecule has 1 N–H and O–H groups in total. The van der Waals surface area contributed by atoms with Crippen molar-refractivity contribution in [2.45, 2.75) is 36.3 Å². The molecule has 2 heterocycles. The van der Waals surface area contributed by atoms with Crippen LogP contribution in [0.1, 0.15) is 25.3 Å². The lowest BCUT2D eigenvalue weighted by molar-refractivity contribution is -0.142. The number of rotatable bonds is 8. The first-order valence-corrected chi connectivity index (χ1v) is 10.9. The number of nitrogens with zero attached hydrogens (tertiary/aromatic N) is 3. The molecule has 0 aliphatic carbocycles. The number of carbonyl (C=O) groups excluding carboxylic acids is 2. The summed E-state index contributed by atoms with van der Waals surface area (Å²) >= 11 is 4.19. The van der Waals surface area contributed by atoms with E-state index in [1.807, 2.05) is 31.2 Å². The number of nitrogens with one attached hydrogen (secondary N) is 1. The van der Waals surface area contributed by atoms with Crippen LogP contribution >= 0.6 is 34.4 Å². The molecule has 3 rings (SSSR count). The topological polar surface area (TPSA) is 94.1 Å². The zero-order valence-corrected chi connectivity index (χ0v) is 17.2. The summed E-state index contributed by atoms with van der Waals surface area (Å²) in [6.07, 6.45) is 0.708. The van der Waals surface area contributed by atoms with Crippen LogP contribution < -0.4 is 5.32 Å². The minimum atomic E-state index is -0.357. The maximum Gasteiger partial charge on any atom is 0.312 e. The molecule has 0 unspecified atom stereocenters. The SMILES string of the molecule is CCOC(=O)Cc1nnc(NC(=O)[C@H](CC)Sc2nc3ccccc3s2)s1. The number of hydrogen-bond donors (Lipinski definition) is 1. The molecule has 0 aliphatic heterocycles. The summed E-state index contributed by atoms with van der Waals surface area (Å²) in [5.74, 6) is -0.509. The highest BCUT2D eigenvalue weighted by atomic mass is 32.2. The van der Waals surface area contributed by atoms with Crippen molar-refractivity contribution in [1.29, 1.82) is 0 Å². The Balaban J connectivity index is 1.61. The molecular formula is C17H18N4O3S3. The van der Waals surface area contributed by atoms with E-state index in [-0.39, 0.29) is 23.5 Å². The van der Waals surface area contributed by atoms with Gasteiger partial charge in [-0.15, -0.1) is 21.5 Å². The highest BCUT2D eigenvalue weighted by Crippen LogP contribution is 2.33.